The van der Waals surface area contributed by atoms with Crippen molar-refractivity contribution in [2.45, 2.75) is 31.7 Å². The van der Waals surface area contributed by atoms with Crippen LogP contribution in [0.25, 0.3) is 0 Å². The summed E-state index contributed by atoms with van der Waals surface area (Å²) in [6.07, 6.45) is 7.03. The van der Waals surface area contributed by atoms with Crippen molar-refractivity contribution in [2.75, 3.05) is 46.3 Å². The highest BCUT2D eigenvalue weighted by atomic mass is 15.3. The molecule has 1 aliphatic carbocycles. The van der Waals surface area contributed by atoms with Gasteiger partial charge in [0.15, 0.2) is 0 Å². The molecule has 0 radical (unpaired) electrons. The van der Waals surface area contributed by atoms with Gasteiger partial charge in [-0.2, -0.15) is 5.10 Å². The molecule has 2 aliphatic rings. The van der Waals surface area contributed by atoms with Gasteiger partial charge in [-0.1, -0.05) is 0 Å². The van der Waals surface area contributed by atoms with Gasteiger partial charge in [0.25, 0.3) is 0 Å². The molecule has 0 amide bonds. The first kappa shape index (κ1) is 15.0. The summed E-state index contributed by atoms with van der Waals surface area (Å²) in [5, 5.41) is 8.17. The van der Waals surface area contributed by atoms with Crippen molar-refractivity contribution in [3.8, 4) is 0 Å². The highest BCUT2D eigenvalue weighted by Crippen LogP contribution is 2.28. The molecule has 0 bridgehead atoms. The van der Waals surface area contributed by atoms with Gasteiger partial charge in [0.1, 0.15) is 0 Å². The molecule has 1 N–H and O–H groups in total. The minimum absolute atomic E-state index is 0.523. The van der Waals surface area contributed by atoms with Crippen LogP contribution in [0.5, 0.6) is 0 Å². The first-order valence-corrected chi connectivity index (χ1v) is 8.39. The van der Waals surface area contributed by atoms with Crippen LogP contribution in [0.2, 0.25) is 0 Å². The number of piperazine rings is 1. The lowest BCUT2D eigenvalue weighted by Gasteiger charge is -2.32. The number of nitrogens with one attached hydrogen (secondary N) is 1. The Morgan fingerprint density at radius 1 is 1.24 bits per heavy atom. The number of likely N-dealkylation sites (N-methyl/N-ethyl adjacent to an activating group) is 1. The topological polar surface area (TPSA) is 36.3 Å². The van der Waals surface area contributed by atoms with Crippen LogP contribution in [-0.2, 0) is 13.5 Å². The summed E-state index contributed by atoms with van der Waals surface area (Å²) >= 11 is 0. The summed E-state index contributed by atoms with van der Waals surface area (Å²) < 4.78 is 2.05. The number of aryl methyl sites for hydroxylation is 1. The summed E-state index contributed by atoms with van der Waals surface area (Å²) in [5.41, 5.74) is 2.86. The number of fused-ring (bicyclic) bond motifs is 1. The largest absolute Gasteiger partial charge is 0.310 e. The van der Waals surface area contributed by atoms with E-state index < -0.39 is 0 Å². The average molecular weight is 291 g/mol. The summed E-state index contributed by atoms with van der Waals surface area (Å²) in [7, 11) is 4.28. The average Bonchev–Trinajstić information content (AvgIpc) is 2.88. The van der Waals surface area contributed by atoms with Crippen molar-refractivity contribution < 1.29 is 0 Å². The normalized spacial score (nSPS) is 24.2. The van der Waals surface area contributed by atoms with Crippen molar-refractivity contribution in [3.05, 3.63) is 17.5 Å². The predicted octanol–water partition coefficient (Wildman–Crippen LogP) is 1.02. The molecule has 2 heterocycles. The van der Waals surface area contributed by atoms with E-state index in [9.17, 15) is 0 Å². The predicted molar refractivity (Wildman–Crippen MR) is 85.4 cm³/mol. The molecule has 1 saturated heterocycles. The number of aromatic nitrogens is 2. The molecular weight excluding hydrogens is 262 g/mol. The summed E-state index contributed by atoms with van der Waals surface area (Å²) in [6, 6.07) is 0.523. The van der Waals surface area contributed by atoms with Crippen LogP contribution in [0.15, 0.2) is 6.20 Å². The maximum atomic E-state index is 4.42. The van der Waals surface area contributed by atoms with Gasteiger partial charge in [0, 0.05) is 50.5 Å². The van der Waals surface area contributed by atoms with E-state index in [4.69, 9.17) is 0 Å². The van der Waals surface area contributed by atoms with Crippen LogP contribution >= 0.6 is 0 Å². The number of hydrogen-bond donors (Lipinski definition) is 1. The first-order valence-electron chi connectivity index (χ1n) is 8.39. The molecule has 3 rings (SSSR count). The number of rotatable bonds is 5. The zero-order valence-electron chi connectivity index (χ0n) is 13.5. The van der Waals surface area contributed by atoms with Crippen molar-refractivity contribution in [1.82, 2.24) is 24.9 Å². The Kier molecular flexibility index (Phi) is 4.93. The van der Waals surface area contributed by atoms with E-state index in [1.807, 2.05) is 4.68 Å². The number of nitrogens with zero attached hydrogens (tertiary/aromatic N) is 4. The first-order chi connectivity index (χ1) is 10.2. The zero-order valence-corrected chi connectivity index (χ0v) is 13.5. The fraction of sp³-hybridized carbons (Fsp3) is 0.812. The smallest absolute Gasteiger partial charge is 0.0540 e. The molecule has 0 spiro atoms. The van der Waals surface area contributed by atoms with Gasteiger partial charge in [-0.05, 0) is 45.8 Å². The van der Waals surface area contributed by atoms with Crippen LogP contribution < -0.4 is 5.32 Å². The lowest BCUT2D eigenvalue weighted by Crippen LogP contribution is -2.45. The lowest BCUT2D eigenvalue weighted by atomic mass is 9.93. The quantitative estimate of drug-likeness (QED) is 0.822. The Hall–Kier alpha value is -0.910. The molecule has 1 unspecified atom stereocenters. The van der Waals surface area contributed by atoms with Crippen molar-refractivity contribution >= 4 is 0 Å². The van der Waals surface area contributed by atoms with E-state index in [1.54, 1.807) is 0 Å². The van der Waals surface area contributed by atoms with Crippen LogP contribution in [0.4, 0.5) is 0 Å². The molecule has 1 fully saturated rings. The third kappa shape index (κ3) is 3.65. The summed E-state index contributed by atoms with van der Waals surface area (Å²) in [6.45, 7) is 7.24. The third-order valence-electron chi connectivity index (χ3n) is 5.01. The van der Waals surface area contributed by atoms with Crippen LogP contribution in [-0.4, -0.2) is 65.9 Å². The monoisotopic (exact) mass is 291 g/mol. The van der Waals surface area contributed by atoms with E-state index >= 15 is 0 Å². The second-order valence-corrected chi connectivity index (χ2v) is 6.57. The molecule has 1 aromatic heterocycles. The zero-order chi connectivity index (χ0) is 14.7. The van der Waals surface area contributed by atoms with Gasteiger partial charge >= 0.3 is 0 Å². The standard InChI is InChI=1S/C16H29N5/c1-19-9-11-21(12-10-19)8-4-7-17-15-5-3-6-16-14(15)13-18-20(16)2/h13,15,17H,3-12H2,1-2H3. The molecule has 0 aromatic carbocycles. The van der Waals surface area contributed by atoms with Gasteiger partial charge in [-0.15, -0.1) is 0 Å². The van der Waals surface area contributed by atoms with E-state index in [0.29, 0.717) is 6.04 Å². The van der Waals surface area contributed by atoms with Crippen molar-refractivity contribution in [3.63, 3.8) is 0 Å². The van der Waals surface area contributed by atoms with Gasteiger partial charge < -0.3 is 15.1 Å². The second-order valence-electron chi connectivity index (χ2n) is 6.57. The molecule has 118 valence electrons. The number of hydrogen-bond acceptors (Lipinski definition) is 4. The van der Waals surface area contributed by atoms with Crippen LogP contribution in [0.3, 0.4) is 0 Å². The molecule has 1 aromatic rings. The Morgan fingerprint density at radius 3 is 2.86 bits per heavy atom. The SMILES string of the molecule is CN1CCN(CCCNC2CCCc3c2cnn3C)CC1. The second kappa shape index (κ2) is 6.90. The maximum Gasteiger partial charge on any atom is 0.0540 e. The van der Waals surface area contributed by atoms with E-state index in [2.05, 4.69) is 40.5 Å². The molecule has 21 heavy (non-hydrogen) atoms. The van der Waals surface area contributed by atoms with Crippen LogP contribution in [0.1, 0.15) is 36.6 Å². The fourth-order valence-electron chi connectivity index (χ4n) is 3.57. The van der Waals surface area contributed by atoms with Gasteiger partial charge in [-0.25, -0.2) is 0 Å². The van der Waals surface area contributed by atoms with Crippen molar-refractivity contribution in [1.29, 1.82) is 0 Å². The lowest BCUT2D eigenvalue weighted by molar-refractivity contribution is 0.152. The highest BCUT2D eigenvalue weighted by Gasteiger charge is 2.22. The minimum atomic E-state index is 0.523. The van der Waals surface area contributed by atoms with E-state index in [0.717, 1.165) is 6.54 Å². The Morgan fingerprint density at radius 2 is 2.05 bits per heavy atom. The minimum Gasteiger partial charge on any atom is -0.310 e. The van der Waals surface area contributed by atoms with E-state index in [1.165, 1.54) is 69.7 Å². The van der Waals surface area contributed by atoms with Gasteiger partial charge in [0.05, 0.1) is 6.20 Å². The molecule has 5 nitrogen and oxygen atoms in total. The Balaban J connectivity index is 1.40. The molecule has 0 saturated carbocycles. The molecular formula is C16H29N5. The van der Waals surface area contributed by atoms with Gasteiger partial charge in [-0.3, -0.25) is 4.68 Å². The molecule has 1 atom stereocenters. The van der Waals surface area contributed by atoms with E-state index in [-0.39, 0.29) is 0 Å². The summed E-state index contributed by atoms with van der Waals surface area (Å²) in [4.78, 5) is 5.01. The third-order valence-corrected chi connectivity index (χ3v) is 5.01. The summed E-state index contributed by atoms with van der Waals surface area (Å²) in [5.74, 6) is 0. The van der Waals surface area contributed by atoms with Crippen LogP contribution in [0, 0.1) is 0 Å². The molecule has 1 aliphatic heterocycles. The highest BCUT2D eigenvalue weighted by molar-refractivity contribution is 5.24. The fourth-order valence-corrected chi connectivity index (χ4v) is 3.57. The molecule has 5 heteroatoms. The Bertz CT molecular complexity index is 448. The van der Waals surface area contributed by atoms with Crippen molar-refractivity contribution in [2.24, 2.45) is 7.05 Å². The maximum absolute atomic E-state index is 4.42. The Labute approximate surface area is 128 Å². The van der Waals surface area contributed by atoms with Gasteiger partial charge in [0.2, 0.25) is 0 Å².